The third-order valence-electron chi connectivity index (χ3n) is 4.14. The number of nitrogens with two attached hydrogens (primary N) is 1. The maximum atomic E-state index is 12.4. The van der Waals surface area contributed by atoms with Crippen LogP contribution in [0.15, 0.2) is 24.3 Å². The average molecular weight is 297 g/mol. The molecule has 0 heterocycles. The summed E-state index contributed by atoms with van der Waals surface area (Å²) in [6.45, 7) is 8.39. The van der Waals surface area contributed by atoms with Gasteiger partial charge in [-0.25, -0.2) is 0 Å². The molecule has 0 aromatic heterocycles. The van der Waals surface area contributed by atoms with Gasteiger partial charge >= 0.3 is 0 Å². The van der Waals surface area contributed by atoms with Crippen LogP contribution in [0.25, 0.3) is 0 Å². The van der Waals surface area contributed by atoms with E-state index in [1.807, 2.05) is 39.8 Å². The molecule has 0 radical (unpaired) electrons. The van der Waals surface area contributed by atoms with Gasteiger partial charge in [0.15, 0.2) is 0 Å². The standard InChI is InChI=1S/C16H25ClN2O/c1-5-16(18,6-2)11-19-14(20)15(3,4)12-7-9-13(17)10-8-12/h7-10H,5-6,11,18H2,1-4H3,(H,19,20). The molecule has 0 aliphatic heterocycles. The van der Waals surface area contributed by atoms with Gasteiger partial charge in [-0.15, -0.1) is 0 Å². The number of hydrogen-bond acceptors (Lipinski definition) is 2. The summed E-state index contributed by atoms with van der Waals surface area (Å²) in [5, 5.41) is 3.65. The molecule has 20 heavy (non-hydrogen) atoms. The zero-order valence-electron chi connectivity index (χ0n) is 12.8. The van der Waals surface area contributed by atoms with E-state index in [1.54, 1.807) is 12.1 Å². The van der Waals surface area contributed by atoms with Gasteiger partial charge in [-0.1, -0.05) is 37.6 Å². The number of carbonyl (C=O) groups excluding carboxylic acids is 1. The second-order valence-electron chi connectivity index (χ2n) is 5.88. The van der Waals surface area contributed by atoms with E-state index in [0.29, 0.717) is 11.6 Å². The van der Waals surface area contributed by atoms with Crippen LogP contribution in [0.3, 0.4) is 0 Å². The Morgan fingerprint density at radius 1 is 1.20 bits per heavy atom. The van der Waals surface area contributed by atoms with Crippen molar-refractivity contribution in [3.63, 3.8) is 0 Å². The number of carbonyl (C=O) groups is 1. The minimum absolute atomic E-state index is 0.0171. The number of halogens is 1. The van der Waals surface area contributed by atoms with E-state index < -0.39 is 5.41 Å². The SMILES string of the molecule is CCC(N)(CC)CNC(=O)C(C)(C)c1ccc(Cl)cc1. The first-order valence-corrected chi connectivity index (χ1v) is 7.46. The van der Waals surface area contributed by atoms with Crippen LogP contribution >= 0.6 is 11.6 Å². The van der Waals surface area contributed by atoms with Crippen LogP contribution in [0, 0.1) is 0 Å². The van der Waals surface area contributed by atoms with E-state index in [4.69, 9.17) is 17.3 Å². The van der Waals surface area contributed by atoms with Gasteiger partial charge in [-0.05, 0) is 44.4 Å². The molecule has 1 rings (SSSR count). The molecule has 0 aliphatic carbocycles. The fourth-order valence-corrected chi connectivity index (χ4v) is 2.10. The lowest BCUT2D eigenvalue weighted by atomic mass is 9.83. The Hall–Kier alpha value is -1.06. The summed E-state index contributed by atoms with van der Waals surface area (Å²) in [4.78, 5) is 12.4. The highest BCUT2D eigenvalue weighted by Crippen LogP contribution is 2.25. The summed E-state index contributed by atoms with van der Waals surface area (Å²) in [7, 11) is 0. The topological polar surface area (TPSA) is 55.1 Å². The van der Waals surface area contributed by atoms with E-state index in [0.717, 1.165) is 18.4 Å². The van der Waals surface area contributed by atoms with Gasteiger partial charge in [-0.2, -0.15) is 0 Å². The molecular formula is C16H25ClN2O. The number of rotatable bonds is 6. The number of benzene rings is 1. The van der Waals surface area contributed by atoms with Gasteiger partial charge < -0.3 is 11.1 Å². The highest BCUT2D eigenvalue weighted by molar-refractivity contribution is 6.30. The first-order chi connectivity index (χ1) is 9.25. The molecule has 3 N–H and O–H groups in total. The number of nitrogens with one attached hydrogen (secondary N) is 1. The van der Waals surface area contributed by atoms with Gasteiger partial charge in [0.1, 0.15) is 0 Å². The molecular weight excluding hydrogens is 272 g/mol. The van der Waals surface area contributed by atoms with Crippen LogP contribution in [0.4, 0.5) is 0 Å². The molecule has 0 fully saturated rings. The molecule has 112 valence electrons. The lowest BCUT2D eigenvalue weighted by Gasteiger charge is -2.30. The molecule has 0 aliphatic rings. The summed E-state index contributed by atoms with van der Waals surface area (Å²) < 4.78 is 0. The van der Waals surface area contributed by atoms with Gasteiger partial charge in [0.2, 0.25) is 5.91 Å². The summed E-state index contributed by atoms with van der Waals surface area (Å²) in [6.07, 6.45) is 1.68. The lowest BCUT2D eigenvalue weighted by molar-refractivity contribution is -0.125. The minimum Gasteiger partial charge on any atom is -0.354 e. The van der Waals surface area contributed by atoms with Gasteiger partial charge in [0, 0.05) is 17.1 Å². The van der Waals surface area contributed by atoms with Crippen LogP contribution < -0.4 is 11.1 Å². The van der Waals surface area contributed by atoms with Crippen molar-refractivity contribution in [2.24, 2.45) is 5.73 Å². The predicted octanol–water partition coefficient (Wildman–Crippen LogP) is 3.25. The number of amides is 1. The maximum absolute atomic E-state index is 12.4. The summed E-state index contributed by atoms with van der Waals surface area (Å²) in [5.74, 6) is -0.0171. The Morgan fingerprint density at radius 3 is 2.15 bits per heavy atom. The summed E-state index contributed by atoms with van der Waals surface area (Å²) in [5.41, 5.74) is 6.22. The monoisotopic (exact) mass is 296 g/mol. The molecule has 4 heteroatoms. The van der Waals surface area contributed by atoms with Crippen molar-refractivity contribution in [2.75, 3.05) is 6.54 Å². The molecule has 0 saturated carbocycles. The van der Waals surface area contributed by atoms with E-state index in [2.05, 4.69) is 5.32 Å². The molecule has 1 aromatic carbocycles. The Balaban J connectivity index is 2.77. The van der Waals surface area contributed by atoms with Gasteiger partial charge in [0.05, 0.1) is 5.41 Å². The van der Waals surface area contributed by atoms with Crippen molar-refractivity contribution in [1.82, 2.24) is 5.32 Å². The van der Waals surface area contributed by atoms with Crippen molar-refractivity contribution < 1.29 is 4.79 Å². The lowest BCUT2D eigenvalue weighted by Crippen LogP contribution is -2.52. The fraction of sp³-hybridized carbons (Fsp3) is 0.562. The van der Waals surface area contributed by atoms with E-state index in [1.165, 1.54) is 0 Å². The molecule has 0 bridgehead atoms. The van der Waals surface area contributed by atoms with Crippen LogP contribution in [0.5, 0.6) is 0 Å². The van der Waals surface area contributed by atoms with Gasteiger partial charge in [0.25, 0.3) is 0 Å². The molecule has 1 aromatic rings. The predicted molar refractivity (Wildman–Crippen MR) is 85.0 cm³/mol. The molecule has 3 nitrogen and oxygen atoms in total. The van der Waals surface area contributed by atoms with E-state index >= 15 is 0 Å². The highest BCUT2D eigenvalue weighted by atomic mass is 35.5. The Bertz CT molecular complexity index is 450. The third kappa shape index (κ3) is 3.97. The van der Waals surface area contributed by atoms with Crippen LogP contribution in [0.2, 0.25) is 5.02 Å². The van der Waals surface area contributed by atoms with Crippen molar-refractivity contribution in [3.05, 3.63) is 34.9 Å². The fourth-order valence-electron chi connectivity index (χ4n) is 1.97. The first-order valence-electron chi connectivity index (χ1n) is 7.08. The summed E-state index contributed by atoms with van der Waals surface area (Å²) in [6, 6.07) is 7.38. The largest absolute Gasteiger partial charge is 0.354 e. The Morgan fingerprint density at radius 2 is 1.70 bits per heavy atom. The van der Waals surface area contributed by atoms with Crippen molar-refractivity contribution in [1.29, 1.82) is 0 Å². The molecule has 0 unspecified atom stereocenters. The van der Waals surface area contributed by atoms with Crippen molar-refractivity contribution in [2.45, 2.75) is 51.5 Å². The minimum atomic E-state index is -0.604. The molecule has 0 atom stereocenters. The zero-order chi connectivity index (χ0) is 15.4. The van der Waals surface area contributed by atoms with E-state index in [-0.39, 0.29) is 11.4 Å². The van der Waals surface area contributed by atoms with Crippen molar-refractivity contribution >= 4 is 17.5 Å². The second-order valence-corrected chi connectivity index (χ2v) is 6.32. The smallest absolute Gasteiger partial charge is 0.230 e. The Labute approximate surface area is 126 Å². The highest BCUT2D eigenvalue weighted by Gasteiger charge is 2.31. The normalized spacial score (nSPS) is 12.3. The number of hydrogen-bond donors (Lipinski definition) is 2. The Kier molecular flexibility index (Phi) is 5.60. The third-order valence-corrected chi connectivity index (χ3v) is 4.39. The van der Waals surface area contributed by atoms with Crippen molar-refractivity contribution in [3.8, 4) is 0 Å². The van der Waals surface area contributed by atoms with Crippen LogP contribution in [0.1, 0.15) is 46.1 Å². The average Bonchev–Trinajstić information content (AvgIpc) is 2.44. The molecule has 1 amide bonds. The zero-order valence-corrected chi connectivity index (χ0v) is 13.6. The molecule has 0 spiro atoms. The molecule has 0 saturated heterocycles. The van der Waals surface area contributed by atoms with Crippen LogP contribution in [-0.2, 0) is 10.2 Å². The first kappa shape index (κ1) is 17.0. The summed E-state index contributed by atoms with van der Waals surface area (Å²) >= 11 is 5.88. The van der Waals surface area contributed by atoms with E-state index in [9.17, 15) is 4.79 Å². The van der Waals surface area contributed by atoms with Gasteiger partial charge in [-0.3, -0.25) is 4.79 Å². The van der Waals surface area contributed by atoms with Crippen LogP contribution in [-0.4, -0.2) is 18.0 Å². The maximum Gasteiger partial charge on any atom is 0.230 e. The second kappa shape index (κ2) is 6.59. The quantitative estimate of drug-likeness (QED) is 0.846.